The average Bonchev–Trinajstić information content (AvgIpc) is 3.37. The summed E-state index contributed by atoms with van der Waals surface area (Å²) in [4.78, 5) is 9.55. The molecule has 2 N–H and O–H groups in total. The van der Waals surface area contributed by atoms with Gasteiger partial charge in [-0.1, -0.05) is 83.3 Å². The minimum absolute atomic E-state index is 0.848. The van der Waals surface area contributed by atoms with Crippen molar-refractivity contribution in [1.82, 2.24) is 9.97 Å². The Bertz CT molecular complexity index is 1230. The van der Waals surface area contributed by atoms with E-state index in [-0.39, 0.29) is 0 Å². The Morgan fingerprint density at radius 3 is 1.28 bits per heavy atom. The van der Waals surface area contributed by atoms with Gasteiger partial charge in [0.25, 0.3) is 0 Å². The Kier molecular flexibility index (Phi) is 6.36. The van der Waals surface area contributed by atoms with Crippen molar-refractivity contribution in [3.63, 3.8) is 0 Å². The van der Waals surface area contributed by atoms with Crippen molar-refractivity contribution in [2.24, 2.45) is 0 Å². The maximum absolute atomic E-state index is 4.77. The van der Waals surface area contributed by atoms with Crippen LogP contribution in [0.1, 0.15) is 0 Å². The summed E-state index contributed by atoms with van der Waals surface area (Å²) in [5, 5.41) is 8.41. The van der Waals surface area contributed by atoms with E-state index in [0.29, 0.717) is 0 Å². The molecule has 0 fully saturated rings. The van der Waals surface area contributed by atoms with Gasteiger partial charge < -0.3 is 10.6 Å². The predicted octanol–water partition coefficient (Wildman–Crippen LogP) is 8.95. The molecule has 158 valence electrons. The Labute approximate surface area is 210 Å². The molecule has 5 rings (SSSR count). The summed E-state index contributed by atoms with van der Waals surface area (Å²) < 4.78 is 1.99. The lowest BCUT2D eigenvalue weighted by Crippen LogP contribution is -1.89. The first-order chi connectivity index (χ1) is 15.7. The summed E-state index contributed by atoms with van der Waals surface area (Å²) >= 11 is 10.5. The third-order valence-corrected chi connectivity index (χ3v) is 7.89. The summed E-state index contributed by atoms with van der Waals surface area (Å²) in [7, 11) is 0. The van der Waals surface area contributed by atoms with Gasteiger partial charge in [0.05, 0.1) is 19.0 Å². The molecule has 3 aromatic carbocycles. The van der Waals surface area contributed by atoms with Gasteiger partial charge in [-0.3, -0.25) is 0 Å². The lowest BCUT2D eigenvalue weighted by molar-refractivity contribution is 1.36. The number of halogens is 2. The normalized spacial score (nSPS) is 10.8. The minimum atomic E-state index is 0.848. The number of benzene rings is 3. The lowest BCUT2D eigenvalue weighted by atomic mass is 10.1. The molecule has 0 aliphatic rings. The van der Waals surface area contributed by atoms with E-state index in [2.05, 4.69) is 66.8 Å². The van der Waals surface area contributed by atoms with Crippen LogP contribution in [0, 0.1) is 0 Å². The number of hydrogen-bond donors (Lipinski definition) is 2. The van der Waals surface area contributed by atoms with Gasteiger partial charge >= 0.3 is 0 Å². The molecular weight excluding hydrogens is 568 g/mol. The number of aromatic nitrogens is 2. The van der Waals surface area contributed by atoms with Gasteiger partial charge in [-0.25, -0.2) is 9.97 Å². The monoisotopic (exact) mass is 582 g/mol. The topological polar surface area (TPSA) is 49.8 Å². The highest BCUT2D eigenvalue weighted by molar-refractivity contribution is 9.11. The van der Waals surface area contributed by atoms with Gasteiger partial charge in [0.1, 0.15) is 0 Å². The molecule has 0 spiro atoms. The van der Waals surface area contributed by atoms with Crippen LogP contribution in [0.4, 0.5) is 21.6 Å². The molecule has 0 atom stereocenters. The summed E-state index contributed by atoms with van der Waals surface area (Å²) in [6.07, 6.45) is 0. The molecule has 0 unspecified atom stereocenters. The predicted molar refractivity (Wildman–Crippen MR) is 144 cm³/mol. The summed E-state index contributed by atoms with van der Waals surface area (Å²) in [5.41, 5.74) is 5.97. The van der Waals surface area contributed by atoms with Gasteiger partial charge in [0.2, 0.25) is 0 Å². The third kappa shape index (κ3) is 4.78. The zero-order valence-electron chi connectivity index (χ0n) is 16.5. The second-order valence-corrected chi connectivity index (χ2v) is 11.5. The van der Waals surface area contributed by atoms with E-state index in [9.17, 15) is 0 Å². The highest BCUT2D eigenvalue weighted by Crippen LogP contribution is 2.39. The zero-order chi connectivity index (χ0) is 21.9. The van der Waals surface area contributed by atoms with E-state index in [0.717, 1.165) is 51.7 Å². The number of anilines is 4. The maximum Gasteiger partial charge on any atom is 0.188 e. The fourth-order valence-electron chi connectivity index (χ4n) is 3.14. The number of rotatable bonds is 6. The number of nitrogens with one attached hydrogen (secondary N) is 2. The van der Waals surface area contributed by atoms with E-state index in [1.54, 1.807) is 22.7 Å². The SMILES string of the molecule is Brc1sc(Nc2ccccc2)nc1-c1ccc(-c2nc(Nc3ccccc3)sc2Br)cc1. The number of thiazole rings is 2. The molecule has 0 saturated carbocycles. The van der Waals surface area contributed by atoms with Crippen LogP contribution in [0.5, 0.6) is 0 Å². The van der Waals surface area contributed by atoms with E-state index in [1.165, 1.54) is 0 Å². The first kappa shape index (κ1) is 21.3. The van der Waals surface area contributed by atoms with Crippen molar-refractivity contribution in [2.45, 2.75) is 0 Å². The first-order valence-electron chi connectivity index (χ1n) is 9.73. The molecule has 8 heteroatoms. The largest absolute Gasteiger partial charge is 0.332 e. The van der Waals surface area contributed by atoms with Gasteiger partial charge in [-0.15, -0.1) is 0 Å². The van der Waals surface area contributed by atoms with Crippen LogP contribution < -0.4 is 10.6 Å². The minimum Gasteiger partial charge on any atom is -0.332 e. The van der Waals surface area contributed by atoms with Crippen LogP contribution in [0.3, 0.4) is 0 Å². The molecule has 0 bridgehead atoms. The molecule has 32 heavy (non-hydrogen) atoms. The molecular formula is C24H16Br2N4S2. The van der Waals surface area contributed by atoms with Crippen molar-refractivity contribution in [1.29, 1.82) is 0 Å². The van der Waals surface area contributed by atoms with Crippen molar-refractivity contribution in [2.75, 3.05) is 10.6 Å². The first-order valence-corrected chi connectivity index (χ1v) is 13.0. The van der Waals surface area contributed by atoms with Crippen molar-refractivity contribution < 1.29 is 0 Å². The number of para-hydroxylation sites is 2. The number of nitrogens with zero attached hydrogens (tertiary/aromatic N) is 2. The summed E-state index contributed by atoms with van der Waals surface area (Å²) in [5.74, 6) is 0. The molecule has 2 aromatic heterocycles. The third-order valence-electron chi connectivity index (χ3n) is 4.65. The summed E-state index contributed by atoms with van der Waals surface area (Å²) in [6.45, 7) is 0. The van der Waals surface area contributed by atoms with E-state index in [4.69, 9.17) is 9.97 Å². The van der Waals surface area contributed by atoms with Crippen molar-refractivity contribution in [3.8, 4) is 22.5 Å². The Balaban J connectivity index is 1.36. The van der Waals surface area contributed by atoms with Crippen molar-refractivity contribution >= 4 is 76.2 Å². The van der Waals surface area contributed by atoms with Gasteiger partial charge in [0.15, 0.2) is 10.3 Å². The standard InChI is InChI=1S/C24H16Br2N4S2/c25-21-19(29-23(31-21)27-17-7-3-1-4-8-17)15-11-13-16(14-12-15)20-22(26)32-24(30-20)28-18-9-5-2-6-10-18/h1-14H,(H,27,29)(H,28,30). The molecule has 2 heterocycles. The van der Waals surface area contributed by atoms with Crippen LogP contribution >= 0.6 is 54.5 Å². The Morgan fingerprint density at radius 1 is 0.531 bits per heavy atom. The fraction of sp³-hybridized carbons (Fsp3) is 0. The highest BCUT2D eigenvalue weighted by atomic mass is 79.9. The van der Waals surface area contributed by atoms with Crippen LogP contribution in [-0.4, -0.2) is 9.97 Å². The van der Waals surface area contributed by atoms with Crippen LogP contribution in [0.2, 0.25) is 0 Å². The average molecular weight is 584 g/mol. The van der Waals surface area contributed by atoms with Crippen LogP contribution in [0.25, 0.3) is 22.5 Å². The molecule has 0 radical (unpaired) electrons. The quantitative estimate of drug-likeness (QED) is 0.209. The van der Waals surface area contributed by atoms with Gasteiger partial charge in [-0.05, 0) is 56.1 Å². The summed E-state index contributed by atoms with van der Waals surface area (Å²) in [6, 6.07) is 28.4. The van der Waals surface area contributed by atoms with Gasteiger partial charge in [0, 0.05) is 22.5 Å². The molecule has 0 aliphatic heterocycles. The maximum atomic E-state index is 4.77. The lowest BCUT2D eigenvalue weighted by Gasteiger charge is -2.03. The fourth-order valence-corrected chi connectivity index (χ4v) is 6.17. The van der Waals surface area contributed by atoms with Crippen LogP contribution in [0.15, 0.2) is 92.5 Å². The van der Waals surface area contributed by atoms with E-state index in [1.807, 2.05) is 60.7 Å². The molecule has 0 amide bonds. The van der Waals surface area contributed by atoms with Gasteiger partial charge in [-0.2, -0.15) is 0 Å². The van der Waals surface area contributed by atoms with E-state index < -0.39 is 0 Å². The molecule has 5 aromatic rings. The Hall–Kier alpha value is -2.52. The molecule has 0 saturated heterocycles. The van der Waals surface area contributed by atoms with Crippen molar-refractivity contribution in [3.05, 3.63) is 92.5 Å². The zero-order valence-corrected chi connectivity index (χ0v) is 21.4. The number of hydrogen-bond acceptors (Lipinski definition) is 6. The molecule has 4 nitrogen and oxygen atoms in total. The molecule has 0 aliphatic carbocycles. The second-order valence-electron chi connectivity index (χ2n) is 6.84. The smallest absolute Gasteiger partial charge is 0.188 e. The van der Waals surface area contributed by atoms with Crippen LogP contribution in [-0.2, 0) is 0 Å². The highest BCUT2D eigenvalue weighted by Gasteiger charge is 2.14. The van der Waals surface area contributed by atoms with E-state index >= 15 is 0 Å². The second kappa shape index (κ2) is 9.54. The Morgan fingerprint density at radius 2 is 0.906 bits per heavy atom.